The van der Waals surface area contributed by atoms with Gasteiger partial charge >= 0.3 is 5.97 Å². The van der Waals surface area contributed by atoms with E-state index in [2.05, 4.69) is 4.90 Å². The second kappa shape index (κ2) is 4.10. The van der Waals surface area contributed by atoms with E-state index >= 15 is 0 Å². The fraction of sp³-hybridized carbons (Fsp3) is 0.909. The third-order valence-electron chi connectivity index (χ3n) is 3.93. The largest absolute Gasteiger partial charge is 0.480 e. The minimum atomic E-state index is -0.709. The smallest absolute Gasteiger partial charge is 0.320 e. The molecule has 4 nitrogen and oxygen atoms in total. The molecule has 1 spiro atoms. The van der Waals surface area contributed by atoms with Crippen molar-refractivity contribution in [3.05, 3.63) is 0 Å². The number of hydrogen-bond acceptors (Lipinski definition) is 3. The quantitative estimate of drug-likeness (QED) is 0.742. The number of carboxylic acids is 1. The Bertz CT molecular complexity index is 248. The van der Waals surface area contributed by atoms with Crippen LogP contribution in [0.3, 0.4) is 0 Å². The summed E-state index contributed by atoms with van der Waals surface area (Å²) in [5, 5.41) is 8.96. The zero-order valence-electron chi connectivity index (χ0n) is 9.24. The van der Waals surface area contributed by atoms with E-state index in [9.17, 15) is 4.79 Å². The summed E-state index contributed by atoms with van der Waals surface area (Å²) in [6, 6.07) is -0.341. The van der Waals surface area contributed by atoms with Gasteiger partial charge in [-0.15, -0.1) is 0 Å². The van der Waals surface area contributed by atoms with Crippen LogP contribution in [-0.2, 0) is 9.53 Å². The number of carbonyl (C=O) groups is 1. The number of rotatable bonds is 2. The highest BCUT2D eigenvalue weighted by Crippen LogP contribution is 2.40. The first-order valence-electron chi connectivity index (χ1n) is 5.68. The van der Waals surface area contributed by atoms with Gasteiger partial charge in [-0.3, -0.25) is 9.69 Å². The summed E-state index contributed by atoms with van der Waals surface area (Å²) in [6.07, 6.45) is 3.32. The maximum Gasteiger partial charge on any atom is 0.320 e. The number of aliphatic carboxylic acids is 1. The topological polar surface area (TPSA) is 49.8 Å². The summed E-state index contributed by atoms with van der Waals surface area (Å²) >= 11 is 0. The minimum Gasteiger partial charge on any atom is -0.480 e. The number of likely N-dealkylation sites (tertiary alicyclic amines) is 1. The lowest BCUT2D eigenvalue weighted by Gasteiger charge is -2.33. The highest BCUT2D eigenvalue weighted by Gasteiger charge is 2.41. The molecule has 2 aliphatic rings. The Kier molecular flexibility index (Phi) is 2.98. The zero-order chi connectivity index (χ0) is 10.9. The maximum atomic E-state index is 10.9. The molecule has 2 saturated heterocycles. The van der Waals surface area contributed by atoms with Crippen molar-refractivity contribution in [3.8, 4) is 0 Å². The third-order valence-corrected chi connectivity index (χ3v) is 3.93. The van der Waals surface area contributed by atoms with Gasteiger partial charge < -0.3 is 9.84 Å². The van der Waals surface area contributed by atoms with Crippen LogP contribution in [0.1, 0.15) is 26.2 Å². The van der Waals surface area contributed by atoms with E-state index < -0.39 is 5.97 Å². The van der Waals surface area contributed by atoms with Gasteiger partial charge in [-0.2, -0.15) is 0 Å². The van der Waals surface area contributed by atoms with Crippen LogP contribution in [0.2, 0.25) is 0 Å². The summed E-state index contributed by atoms with van der Waals surface area (Å²) in [5.41, 5.74) is 0.349. The first-order chi connectivity index (χ1) is 7.13. The molecule has 0 saturated carbocycles. The summed E-state index contributed by atoms with van der Waals surface area (Å²) < 4.78 is 5.36. The molecule has 0 aliphatic carbocycles. The highest BCUT2D eigenvalue weighted by atomic mass is 16.5. The monoisotopic (exact) mass is 213 g/mol. The van der Waals surface area contributed by atoms with Crippen molar-refractivity contribution >= 4 is 5.97 Å². The normalized spacial score (nSPS) is 28.1. The summed E-state index contributed by atoms with van der Waals surface area (Å²) in [6.45, 7) is 5.32. The molecule has 2 rings (SSSR count). The van der Waals surface area contributed by atoms with Gasteiger partial charge in [-0.1, -0.05) is 0 Å². The van der Waals surface area contributed by atoms with Crippen LogP contribution < -0.4 is 0 Å². The van der Waals surface area contributed by atoms with E-state index in [0.29, 0.717) is 5.41 Å². The van der Waals surface area contributed by atoms with Gasteiger partial charge in [0.05, 0.1) is 0 Å². The second-order valence-corrected chi connectivity index (χ2v) is 4.85. The Labute approximate surface area is 90.2 Å². The molecule has 1 N–H and O–H groups in total. The van der Waals surface area contributed by atoms with Crippen LogP contribution in [0.5, 0.6) is 0 Å². The van der Waals surface area contributed by atoms with E-state index in [4.69, 9.17) is 9.84 Å². The van der Waals surface area contributed by atoms with E-state index in [0.717, 1.165) is 45.6 Å². The first-order valence-corrected chi connectivity index (χ1v) is 5.68. The van der Waals surface area contributed by atoms with E-state index in [-0.39, 0.29) is 6.04 Å². The van der Waals surface area contributed by atoms with Crippen molar-refractivity contribution < 1.29 is 14.6 Å². The first kappa shape index (κ1) is 10.9. The Morgan fingerprint density at radius 1 is 1.40 bits per heavy atom. The Morgan fingerprint density at radius 3 is 2.67 bits per heavy atom. The Hall–Kier alpha value is -0.610. The number of carboxylic acid groups (broad SMARTS) is 1. The van der Waals surface area contributed by atoms with Crippen molar-refractivity contribution in [2.75, 3.05) is 26.3 Å². The minimum absolute atomic E-state index is 0.341. The van der Waals surface area contributed by atoms with Crippen molar-refractivity contribution in [3.63, 3.8) is 0 Å². The van der Waals surface area contributed by atoms with Crippen molar-refractivity contribution in [2.45, 2.75) is 32.2 Å². The standard InChI is InChI=1S/C11H19NO3/c1-9(10(13)14)12-5-2-11(8-12)3-6-15-7-4-11/h9H,2-8H2,1H3,(H,13,14). The molecular weight excluding hydrogens is 194 g/mol. The van der Waals surface area contributed by atoms with E-state index in [1.807, 2.05) is 0 Å². The molecule has 2 heterocycles. The molecule has 86 valence electrons. The van der Waals surface area contributed by atoms with Crippen LogP contribution in [0, 0.1) is 5.41 Å². The molecule has 0 radical (unpaired) electrons. The molecule has 15 heavy (non-hydrogen) atoms. The molecule has 0 aromatic heterocycles. The molecule has 1 unspecified atom stereocenters. The molecule has 2 fully saturated rings. The van der Waals surface area contributed by atoms with Gasteiger partial charge in [-0.05, 0) is 38.1 Å². The molecule has 0 bridgehead atoms. The van der Waals surface area contributed by atoms with E-state index in [1.54, 1.807) is 6.92 Å². The van der Waals surface area contributed by atoms with Crippen molar-refractivity contribution in [1.82, 2.24) is 4.90 Å². The fourth-order valence-corrected chi connectivity index (χ4v) is 2.67. The zero-order valence-corrected chi connectivity index (χ0v) is 9.24. The summed E-state index contributed by atoms with van der Waals surface area (Å²) in [4.78, 5) is 13.0. The number of nitrogens with zero attached hydrogens (tertiary/aromatic N) is 1. The van der Waals surface area contributed by atoms with Gasteiger partial charge in [0.2, 0.25) is 0 Å². The fourth-order valence-electron chi connectivity index (χ4n) is 2.67. The molecule has 1 atom stereocenters. The average Bonchev–Trinajstić information content (AvgIpc) is 2.62. The number of hydrogen-bond donors (Lipinski definition) is 1. The molecule has 4 heteroatoms. The second-order valence-electron chi connectivity index (χ2n) is 4.85. The van der Waals surface area contributed by atoms with Crippen molar-refractivity contribution in [1.29, 1.82) is 0 Å². The summed E-state index contributed by atoms with van der Waals surface area (Å²) in [5.74, 6) is -0.709. The van der Waals surface area contributed by atoms with Crippen LogP contribution in [0.25, 0.3) is 0 Å². The maximum absolute atomic E-state index is 10.9. The lowest BCUT2D eigenvalue weighted by atomic mass is 9.80. The molecule has 0 aromatic carbocycles. The molecule has 0 amide bonds. The number of ether oxygens (including phenoxy) is 1. The van der Waals surface area contributed by atoms with E-state index in [1.165, 1.54) is 0 Å². The predicted octanol–water partition coefficient (Wildman–Crippen LogP) is 0.962. The van der Waals surface area contributed by atoms with Gasteiger partial charge in [-0.25, -0.2) is 0 Å². The van der Waals surface area contributed by atoms with Crippen LogP contribution >= 0.6 is 0 Å². The Morgan fingerprint density at radius 2 is 2.07 bits per heavy atom. The average molecular weight is 213 g/mol. The molecule has 0 aromatic rings. The Balaban J connectivity index is 1.96. The lowest BCUT2D eigenvalue weighted by Crippen LogP contribution is -2.40. The van der Waals surface area contributed by atoms with Crippen LogP contribution in [0.15, 0.2) is 0 Å². The molecular formula is C11H19NO3. The molecule has 2 aliphatic heterocycles. The highest BCUT2D eigenvalue weighted by molar-refractivity contribution is 5.72. The third kappa shape index (κ3) is 2.16. The van der Waals surface area contributed by atoms with Crippen LogP contribution in [0.4, 0.5) is 0 Å². The van der Waals surface area contributed by atoms with Gasteiger partial charge in [0.1, 0.15) is 6.04 Å². The van der Waals surface area contributed by atoms with Gasteiger partial charge in [0.15, 0.2) is 0 Å². The van der Waals surface area contributed by atoms with Crippen LogP contribution in [-0.4, -0.2) is 48.3 Å². The SMILES string of the molecule is CC(C(=O)O)N1CCC2(CCOCC2)C1. The lowest BCUT2D eigenvalue weighted by molar-refractivity contribution is -0.142. The predicted molar refractivity (Wildman–Crippen MR) is 55.8 cm³/mol. The van der Waals surface area contributed by atoms with Gasteiger partial charge in [0.25, 0.3) is 0 Å². The van der Waals surface area contributed by atoms with Crippen molar-refractivity contribution in [2.24, 2.45) is 5.41 Å². The van der Waals surface area contributed by atoms with Gasteiger partial charge in [0, 0.05) is 19.8 Å². The summed E-state index contributed by atoms with van der Waals surface area (Å²) in [7, 11) is 0.